The van der Waals surface area contributed by atoms with E-state index in [2.05, 4.69) is 5.32 Å². The Morgan fingerprint density at radius 2 is 1.61 bits per heavy atom. The molecule has 0 aliphatic carbocycles. The van der Waals surface area contributed by atoms with Crippen LogP contribution < -0.4 is 19.5 Å². The fraction of sp³-hybridized carbons (Fsp3) is 0.231. The summed E-state index contributed by atoms with van der Waals surface area (Å²) < 4.78 is 16.1. The minimum atomic E-state index is -0.333. The molecule has 7 heteroatoms. The van der Waals surface area contributed by atoms with Gasteiger partial charge in [-0.2, -0.15) is 0 Å². The first-order valence-corrected chi connectivity index (χ1v) is 10.6. The molecule has 33 heavy (non-hydrogen) atoms. The highest BCUT2D eigenvalue weighted by Crippen LogP contribution is 2.40. The molecule has 3 aromatic carbocycles. The van der Waals surface area contributed by atoms with E-state index in [4.69, 9.17) is 14.2 Å². The number of hydrogen-bond donors (Lipinski definition) is 1. The third kappa shape index (κ3) is 4.48. The maximum Gasteiger partial charge on any atom is 0.259 e. The Kier molecular flexibility index (Phi) is 6.49. The summed E-state index contributed by atoms with van der Waals surface area (Å²) in [6, 6.07) is 18.4. The first-order chi connectivity index (χ1) is 16.0. The maximum absolute atomic E-state index is 13.0. The number of amides is 2. The molecule has 0 saturated carbocycles. The summed E-state index contributed by atoms with van der Waals surface area (Å²) in [6.07, 6.45) is 0.769. The van der Waals surface area contributed by atoms with Crippen LogP contribution in [0, 0.1) is 0 Å². The lowest BCUT2D eigenvalue weighted by Gasteiger charge is -2.29. The van der Waals surface area contributed by atoms with Crippen LogP contribution in [0.15, 0.2) is 60.7 Å². The van der Waals surface area contributed by atoms with Crippen LogP contribution in [0.4, 0.5) is 5.69 Å². The standard InChI is InChI=1S/C26H26N2O5/c1-31-22-12-11-21(23(32-2)24(22)33-3)25(29)27-20-10-9-17-13-14-28(16-19(17)15-20)26(30)18-7-5-4-6-8-18/h4-12,15H,13-14,16H2,1-3H3,(H,27,29). The fourth-order valence-corrected chi connectivity index (χ4v) is 4.05. The lowest BCUT2D eigenvalue weighted by molar-refractivity contribution is 0.0734. The predicted molar refractivity (Wildman–Crippen MR) is 125 cm³/mol. The zero-order valence-electron chi connectivity index (χ0n) is 18.9. The van der Waals surface area contributed by atoms with E-state index < -0.39 is 0 Å². The van der Waals surface area contributed by atoms with Gasteiger partial charge in [0.05, 0.1) is 26.9 Å². The van der Waals surface area contributed by atoms with E-state index in [1.807, 2.05) is 53.4 Å². The van der Waals surface area contributed by atoms with Crippen molar-refractivity contribution < 1.29 is 23.8 Å². The van der Waals surface area contributed by atoms with Crippen molar-refractivity contribution in [2.24, 2.45) is 0 Å². The summed E-state index contributed by atoms with van der Waals surface area (Å²) in [6.45, 7) is 1.15. The first-order valence-electron chi connectivity index (χ1n) is 10.6. The number of nitrogens with one attached hydrogen (secondary N) is 1. The molecule has 7 nitrogen and oxygen atoms in total. The second-order valence-corrected chi connectivity index (χ2v) is 7.66. The molecule has 1 heterocycles. The fourth-order valence-electron chi connectivity index (χ4n) is 4.05. The molecule has 3 aromatic rings. The number of benzene rings is 3. The van der Waals surface area contributed by atoms with Gasteiger partial charge in [0.15, 0.2) is 11.5 Å². The van der Waals surface area contributed by atoms with Gasteiger partial charge in [0.2, 0.25) is 5.75 Å². The third-order valence-electron chi connectivity index (χ3n) is 5.73. The molecule has 0 radical (unpaired) electrons. The molecule has 0 unspecified atom stereocenters. The van der Waals surface area contributed by atoms with Gasteiger partial charge in [0, 0.05) is 24.3 Å². The van der Waals surface area contributed by atoms with Crippen LogP contribution in [-0.2, 0) is 13.0 Å². The summed E-state index contributed by atoms with van der Waals surface area (Å²) in [4.78, 5) is 27.7. The Hall–Kier alpha value is -4.00. The second-order valence-electron chi connectivity index (χ2n) is 7.66. The van der Waals surface area contributed by atoms with E-state index >= 15 is 0 Å². The topological polar surface area (TPSA) is 77.1 Å². The van der Waals surface area contributed by atoms with Gasteiger partial charge in [0.1, 0.15) is 0 Å². The van der Waals surface area contributed by atoms with Crippen LogP contribution in [0.25, 0.3) is 0 Å². The van der Waals surface area contributed by atoms with E-state index in [0.29, 0.717) is 47.2 Å². The molecule has 1 aliphatic rings. The average Bonchev–Trinajstić information content (AvgIpc) is 2.87. The number of methoxy groups -OCH3 is 3. The second kappa shape index (κ2) is 9.65. The number of anilines is 1. The molecule has 0 fully saturated rings. The summed E-state index contributed by atoms with van der Waals surface area (Å²) in [5.74, 6) is 0.800. The third-order valence-corrected chi connectivity index (χ3v) is 5.73. The van der Waals surface area contributed by atoms with Crippen molar-refractivity contribution in [2.75, 3.05) is 33.2 Å². The highest BCUT2D eigenvalue weighted by atomic mass is 16.5. The zero-order chi connectivity index (χ0) is 23.4. The molecule has 1 aliphatic heterocycles. The lowest BCUT2D eigenvalue weighted by Crippen LogP contribution is -2.36. The molecule has 0 spiro atoms. The van der Waals surface area contributed by atoms with Crippen molar-refractivity contribution in [2.45, 2.75) is 13.0 Å². The molecular weight excluding hydrogens is 420 g/mol. The Morgan fingerprint density at radius 1 is 0.848 bits per heavy atom. The van der Waals surface area contributed by atoms with Crippen LogP contribution >= 0.6 is 0 Å². The summed E-state index contributed by atoms with van der Waals surface area (Å²) in [5, 5.41) is 2.93. The van der Waals surface area contributed by atoms with E-state index in [1.165, 1.54) is 26.9 Å². The van der Waals surface area contributed by atoms with Crippen LogP contribution in [0.1, 0.15) is 31.8 Å². The van der Waals surface area contributed by atoms with Crippen molar-refractivity contribution in [3.63, 3.8) is 0 Å². The molecule has 0 saturated heterocycles. The Bertz CT molecular complexity index is 1180. The van der Waals surface area contributed by atoms with E-state index in [0.717, 1.165) is 12.0 Å². The van der Waals surface area contributed by atoms with Crippen molar-refractivity contribution in [1.82, 2.24) is 4.90 Å². The van der Waals surface area contributed by atoms with E-state index in [-0.39, 0.29) is 11.8 Å². The van der Waals surface area contributed by atoms with Gasteiger partial charge in [-0.1, -0.05) is 24.3 Å². The van der Waals surface area contributed by atoms with Gasteiger partial charge < -0.3 is 24.4 Å². The van der Waals surface area contributed by atoms with Gasteiger partial charge in [0.25, 0.3) is 11.8 Å². The smallest absolute Gasteiger partial charge is 0.259 e. The molecule has 4 rings (SSSR count). The Labute approximate surface area is 192 Å². The monoisotopic (exact) mass is 446 g/mol. The Balaban J connectivity index is 1.54. The molecule has 170 valence electrons. The maximum atomic E-state index is 13.0. The number of ether oxygens (including phenoxy) is 3. The van der Waals surface area contributed by atoms with Crippen LogP contribution in [0.5, 0.6) is 17.2 Å². The van der Waals surface area contributed by atoms with Gasteiger partial charge >= 0.3 is 0 Å². The van der Waals surface area contributed by atoms with Gasteiger partial charge in [-0.3, -0.25) is 9.59 Å². The first kappa shape index (κ1) is 22.2. The molecule has 0 bridgehead atoms. The van der Waals surface area contributed by atoms with Gasteiger partial charge in [-0.05, 0) is 53.9 Å². The van der Waals surface area contributed by atoms with E-state index in [9.17, 15) is 9.59 Å². The number of fused-ring (bicyclic) bond motifs is 1. The van der Waals surface area contributed by atoms with Gasteiger partial charge in [-0.25, -0.2) is 0 Å². The highest BCUT2D eigenvalue weighted by molar-refractivity contribution is 6.07. The highest BCUT2D eigenvalue weighted by Gasteiger charge is 2.23. The molecule has 2 amide bonds. The predicted octanol–water partition coefficient (Wildman–Crippen LogP) is 4.16. The summed E-state index contributed by atoms with van der Waals surface area (Å²) >= 11 is 0. The van der Waals surface area contributed by atoms with E-state index in [1.54, 1.807) is 12.1 Å². The SMILES string of the molecule is COc1ccc(C(=O)Nc2ccc3c(c2)CN(C(=O)c2ccccc2)CC3)c(OC)c1OC. The molecule has 0 aromatic heterocycles. The summed E-state index contributed by atoms with van der Waals surface area (Å²) in [5.41, 5.74) is 3.83. The van der Waals surface area contributed by atoms with Crippen molar-refractivity contribution >= 4 is 17.5 Å². The quantitative estimate of drug-likeness (QED) is 0.615. The Morgan fingerprint density at radius 3 is 2.30 bits per heavy atom. The van der Waals surface area contributed by atoms with Crippen molar-refractivity contribution in [1.29, 1.82) is 0 Å². The molecule has 1 N–H and O–H groups in total. The minimum Gasteiger partial charge on any atom is -0.493 e. The van der Waals surface area contributed by atoms with Crippen molar-refractivity contribution in [3.05, 3.63) is 82.9 Å². The minimum absolute atomic E-state index is 0.00533. The number of hydrogen-bond acceptors (Lipinski definition) is 5. The summed E-state index contributed by atoms with van der Waals surface area (Å²) in [7, 11) is 4.50. The lowest BCUT2D eigenvalue weighted by atomic mass is 9.98. The average molecular weight is 447 g/mol. The number of nitrogens with zero attached hydrogens (tertiary/aromatic N) is 1. The van der Waals surface area contributed by atoms with Crippen LogP contribution in [0.3, 0.4) is 0 Å². The molecule has 0 atom stereocenters. The van der Waals surface area contributed by atoms with Crippen LogP contribution in [-0.4, -0.2) is 44.6 Å². The number of carbonyl (C=O) groups excluding carboxylic acids is 2. The molecular formula is C26H26N2O5. The number of carbonyl (C=O) groups is 2. The largest absolute Gasteiger partial charge is 0.493 e. The van der Waals surface area contributed by atoms with Crippen molar-refractivity contribution in [3.8, 4) is 17.2 Å². The normalized spacial score (nSPS) is 12.5. The van der Waals surface area contributed by atoms with Gasteiger partial charge in [-0.15, -0.1) is 0 Å². The van der Waals surface area contributed by atoms with Crippen LogP contribution in [0.2, 0.25) is 0 Å². The number of rotatable bonds is 6. The zero-order valence-corrected chi connectivity index (χ0v) is 18.9.